The number of rotatable bonds is 10. The Balaban J connectivity index is 2.07. The Labute approximate surface area is 160 Å². The zero-order valence-electron chi connectivity index (χ0n) is 17.0. The van der Waals surface area contributed by atoms with E-state index < -0.39 is 0 Å². The summed E-state index contributed by atoms with van der Waals surface area (Å²) in [4.78, 5) is 4.73. The third kappa shape index (κ3) is 5.78. The van der Waals surface area contributed by atoms with Crippen LogP contribution in [0.4, 0.5) is 0 Å². The number of aromatic nitrogens is 4. The van der Waals surface area contributed by atoms with Gasteiger partial charge in [0.1, 0.15) is 11.6 Å². The maximum Gasteiger partial charge on any atom is 0.191 e. The van der Waals surface area contributed by atoms with Gasteiger partial charge in [-0.1, -0.05) is 19.0 Å². The maximum absolute atomic E-state index is 5.43. The standard InChI is InChI=1S/C18H31N7O2/c1-6-15-14(16(7-2)27-24-15)11-20-18(19-9-8-10-26-5)21-12-17-23-22-13(3)25(17)4/h6-12H2,1-5H3,(H2,19,20,21). The van der Waals surface area contributed by atoms with Crippen LogP contribution in [0.25, 0.3) is 0 Å². The Morgan fingerprint density at radius 1 is 1.22 bits per heavy atom. The highest BCUT2D eigenvalue weighted by atomic mass is 16.5. The largest absolute Gasteiger partial charge is 0.385 e. The van der Waals surface area contributed by atoms with Gasteiger partial charge in [-0.25, -0.2) is 4.99 Å². The molecule has 27 heavy (non-hydrogen) atoms. The van der Waals surface area contributed by atoms with Crippen molar-refractivity contribution < 1.29 is 9.26 Å². The van der Waals surface area contributed by atoms with Gasteiger partial charge in [0, 0.05) is 39.3 Å². The second-order valence-electron chi connectivity index (χ2n) is 6.25. The number of guanidine groups is 1. The van der Waals surface area contributed by atoms with E-state index in [0.717, 1.165) is 60.4 Å². The smallest absolute Gasteiger partial charge is 0.191 e. The molecule has 0 atom stereocenters. The Morgan fingerprint density at radius 3 is 2.67 bits per heavy atom. The molecule has 0 aliphatic carbocycles. The van der Waals surface area contributed by atoms with E-state index in [2.05, 4.69) is 39.8 Å². The van der Waals surface area contributed by atoms with E-state index in [-0.39, 0.29) is 0 Å². The van der Waals surface area contributed by atoms with E-state index in [1.165, 1.54) is 0 Å². The fourth-order valence-electron chi connectivity index (χ4n) is 2.64. The summed E-state index contributed by atoms with van der Waals surface area (Å²) in [5.74, 6) is 3.35. The van der Waals surface area contributed by atoms with E-state index in [1.54, 1.807) is 7.11 Å². The van der Waals surface area contributed by atoms with Crippen molar-refractivity contribution in [1.82, 2.24) is 30.6 Å². The molecule has 0 saturated carbocycles. The molecule has 0 saturated heterocycles. The SMILES string of the molecule is CCc1noc(CC)c1CN=C(NCCCOC)NCc1nnc(C)n1C. The van der Waals surface area contributed by atoms with Gasteiger partial charge in [-0.05, 0) is 19.8 Å². The van der Waals surface area contributed by atoms with E-state index in [0.29, 0.717) is 19.7 Å². The van der Waals surface area contributed by atoms with E-state index in [9.17, 15) is 0 Å². The number of hydrogen-bond acceptors (Lipinski definition) is 6. The number of aryl methyl sites for hydroxylation is 3. The van der Waals surface area contributed by atoms with Gasteiger partial charge in [0.05, 0.1) is 18.8 Å². The van der Waals surface area contributed by atoms with Crippen molar-refractivity contribution >= 4 is 5.96 Å². The summed E-state index contributed by atoms with van der Waals surface area (Å²) in [6.07, 6.45) is 2.53. The first-order valence-electron chi connectivity index (χ1n) is 9.42. The molecule has 0 radical (unpaired) electrons. The minimum atomic E-state index is 0.521. The molecule has 0 aliphatic rings. The first kappa shape index (κ1) is 20.9. The molecular weight excluding hydrogens is 346 g/mol. The van der Waals surface area contributed by atoms with Crippen molar-refractivity contribution in [2.75, 3.05) is 20.3 Å². The lowest BCUT2D eigenvalue weighted by atomic mass is 10.1. The number of nitrogens with one attached hydrogen (secondary N) is 2. The fourth-order valence-corrected chi connectivity index (χ4v) is 2.64. The molecule has 9 nitrogen and oxygen atoms in total. The number of aliphatic imine (C=N–C) groups is 1. The minimum absolute atomic E-state index is 0.521. The summed E-state index contributed by atoms with van der Waals surface area (Å²) in [5.41, 5.74) is 2.05. The van der Waals surface area contributed by atoms with Gasteiger partial charge in [0.2, 0.25) is 0 Å². The normalized spacial score (nSPS) is 11.8. The van der Waals surface area contributed by atoms with Gasteiger partial charge in [-0.15, -0.1) is 10.2 Å². The molecule has 2 aromatic heterocycles. The van der Waals surface area contributed by atoms with Crippen LogP contribution in [0, 0.1) is 6.92 Å². The van der Waals surface area contributed by atoms with Crippen molar-refractivity contribution in [3.05, 3.63) is 28.7 Å². The highest BCUT2D eigenvalue weighted by Crippen LogP contribution is 2.16. The lowest BCUT2D eigenvalue weighted by Crippen LogP contribution is -2.38. The van der Waals surface area contributed by atoms with Crippen molar-refractivity contribution in [2.45, 2.75) is 53.1 Å². The van der Waals surface area contributed by atoms with Crippen molar-refractivity contribution in [1.29, 1.82) is 0 Å². The first-order chi connectivity index (χ1) is 13.1. The summed E-state index contributed by atoms with van der Waals surface area (Å²) in [7, 11) is 3.65. The first-order valence-corrected chi connectivity index (χ1v) is 9.42. The highest BCUT2D eigenvalue weighted by molar-refractivity contribution is 5.79. The van der Waals surface area contributed by atoms with Crippen LogP contribution < -0.4 is 10.6 Å². The highest BCUT2D eigenvalue weighted by Gasteiger charge is 2.13. The van der Waals surface area contributed by atoms with E-state index in [4.69, 9.17) is 14.3 Å². The molecule has 0 fully saturated rings. The number of ether oxygens (including phenoxy) is 1. The summed E-state index contributed by atoms with van der Waals surface area (Å²) in [5, 5.41) is 19.1. The molecule has 0 aromatic carbocycles. The van der Waals surface area contributed by atoms with Crippen molar-refractivity contribution in [3.63, 3.8) is 0 Å². The van der Waals surface area contributed by atoms with Gasteiger partial charge >= 0.3 is 0 Å². The van der Waals surface area contributed by atoms with Crippen LogP contribution in [0.3, 0.4) is 0 Å². The predicted molar refractivity (Wildman–Crippen MR) is 103 cm³/mol. The molecule has 2 rings (SSSR count). The number of methoxy groups -OCH3 is 1. The Morgan fingerprint density at radius 2 is 2.04 bits per heavy atom. The van der Waals surface area contributed by atoms with Gasteiger partial charge in [0.15, 0.2) is 11.8 Å². The molecule has 0 unspecified atom stereocenters. The lowest BCUT2D eigenvalue weighted by molar-refractivity contribution is 0.195. The average molecular weight is 377 g/mol. The summed E-state index contributed by atoms with van der Waals surface area (Å²) in [6.45, 7) is 8.59. The maximum atomic E-state index is 5.43. The second kappa shape index (κ2) is 10.7. The average Bonchev–Trinajstić information content (AvgIpc) is 3.23. The summed E-state index contributed by atoms with van der Waals surface area (Å²) >= 11 is 0. The van der Waals surface area contributed by atoms with Crippen LogP contribution in [0.5, 0.6) is 0 Å². The Bertz CT molecular complexity index is 715. The van der Waals surface area contributed by atoms with Crippen molar-refractivity contribution in [3.8, 4) is 0 Å². The third-order valence-electron chi connectivity index (χ3n) is 4.42. The van der Waals surface area contributed by atoms with Crippen molar-refractivity contribution in [2.24, 2.45) is 12.0 Å². The molecule has 2 N–H and O–H groups in total. The lowest BCUT2D eigenvalue weighted by Gasteiger charge is -2.12. The van der Waals surface area contributed by atoms with Crippen LogP contribution in [-0.4, -0.2) is 46.1 Å². The van der Waals surface area contributed by atoms with Gasteiger partial charge in [-0.2, -0.15) is 0 Å². The van der Waals surface area contributed by atoms with Gasteiger partial charge in [0.25, 0.3) is 0 Å². The summed E-state index contributed by atoms with van der Waals surface area (Å²) < 4.78 is 12.5. The molecule has 2 aromatic rings. The van der Waals surface area contributed by atoms with E-state index >= 15 is 0 Å². The van der Waals surface area contributed by atoms with Gasteiger partial charge < -0.3 is 24.5 Å². The third-order valence-corrected chi connectivity index (χ3v) is 4.42. The molecule has 2 heterocycles. The molecule has 9 heteroatoms. The quantitative estimate of drug-likeness (QED) is 0.367. The second-order valence-corrected chi connectivity index (χ2v) is 6.25. The van der Waals surface area contributed by atoms with Crippen LogP contribution in [0.2, 0.25) is 0 Å². The van der Waals surface area contributed by atoms with Crippen LogP contribution in [0.15, 0.2) is 9.52 Å². The Hall–Kier alpha value is -2.42. The minimum Gasteiger partial charge on any atom is -0.385 e. The molecule has 0 spiro atoms. The monoisotopic (exact) mass is 377 g/mol. The number of hydrogen-bond donors (Lipinski definition) is 2. The zero-order valence-corrected chi connectivity index (χ0v) is 17.0. The van der Waals surface area contributed by atoms with E-state index in [1.807, 2.05) is 18.5 Å². The summed E-state index contributed by atoms with van der Waals surface area (Å²) in [6, 6.07) is 0. The topological polar surface area (TPSA) is 102 Å². The molecular formula is C18H31N7O2. The van der Waals surface area contributed by atoms with Crippen LogP contribution >= 0.6 is 0 Å². The zero-order chi connectivity index (χ0) is 19.6. The fraction of sp³-hybridized carbons (Fsp3) is 0.667. The molecule has 0 amide bonds. The van der Waals surface area contributed by atoms with Crippen LogP contribution in [0.1, 0.15) is 48.9 Å². The molecule has 150 valence electrons. The van der Waals surface area contributed by atoms with Gasteiger partial charge in [-0.3, -0.25) is 0 Å². The molecule has 0 aliphatic heterocycles. The number of nitrogens with zero attached hydrogens (tertiary/aromatic N) is 5. The molecule has 0 bridgehead atoms. The Kier molecular flexibility index (Phi) is 8.25. The predicted octanol–water partition coefficient (Wildman–Crippen LogP) is 1.51. The van der Waals surface area contributed by atoms with Crippen LogP contribution in [-0.2, 0) is 37.7 Å².